The molecule has 0 aliphatic carbocycles. The zero-order valence-electron chi connectivity index (χ0n) is 22.5. The number of anilines is 1. The lowest BCUT2D eigenvalue weighted by molar-refractivity contribution is 0.00793. The average molecular weight is 549 g/mol. The van der Waals surface area contributed by atoms with Crippen molar-refractivity contribution in [1.82, 2.24) is 4.98 Å². The molecule has 39 heavy (non-hydrogen) atoms. The van der Waals surface area contributed by atoms with E-state index < -0.39 is 0 Å². The Morgan fingerprint density at radius 2 is 1.44 bits per heavy atom. The van der Waals surface area contributed by atoms with Crippen molar-refractivity contribution in [2.24, 2.45) is 0 Å². The maximum Gasteiger partial charge on any atom is 0.186 e. The van der Waals surface area contributed by atoms with Gasteiger partial charge in [-0.25, -0.2) is 4.98 Å². The first-order chi connectivity index (χ1) is 19.3. The van der Waals surface area contributed by atoms with Crippen molar-refractivity contribution in [2.45, 2.75) is 19.2 Å². The number of aromatic nitrogens is 1. The molecule has 0 fully saturated rings. The van der Waals surface area contributed by atoms with Gasteiger partial charge in [-0.15, -0.1) is 11.3 Å². The molecule has 3 aromatic carbocycles. The first-order valence-electron chi connectivity index (χ1n) is 13.0. The Hall–Kier alpha value is -3.43. The van der Waals surface area contributed by atoms with Crippen LogP contribution in [0.3, 0.4) is 0 Å². The second kappa shape index (κ2) is 15.9. The number of methoxy groups -OCH3 is 2. The van der Waals surface area contributed by atoms with Gasteiger partial charge in [-0.3, -0.25) is 0 Å². The first kappa shape index (κ1) is 28.6. The highest BCUT2D eigenvalue weighted by molar-refractivity contribution is 7.13. The van der Waals surface area contributed by atoms with Crippen molar-refractivity contribution in [3.63, 3.8) is 0 Å². The molecule has 0 amide bonds. The second-order valence-electron chi connectivity index (χ2n) is 8.81. The molecule has 0 aliphatic rings. The molecule has 1 unspecified atom stereocenters. The number of rotatable bonds is 17. The van der Waals surface area contributed by atoms with Crippen molar-refractivity contribution in [3.8, 4) is 11.5 Å². The lowest BCUT2D eigenvalue weighted by Crippen LogP contribution is -2.32. The van der Waals surface area contributed by atoms with E-state index in [9.17, 15) is 0 Å². The summed E-state index contributed by atoms with van der Waals surface area (Å²) in [5, 5.41) is 2.91. The van der Waals surface area contributed by atoms with E-state index in [4.69, 9.17) is 23.7 Å². The van der Waals surface area contributed by atoms with Gasteiger partial charge >= 0.3 is 0 Å². The van der Waals surface area contributed by atoms with Gasteiger partial charge in [-0.05, 0) is 41.0 Å². The predicted molar refractivity (Wildman–Crippen MR) is 155 cm³/mol. The van der Waals surface area contributed by atoms with E-state index in [1.165, 1.54) is 0 Å². The SMILES string of the molecule is COc1cccc(CN(c2nccs2)C(COCCOCCOCc2ccccc2)c2cccc(OC)c2)c1. The molecule has 0 aliphatic heterocycles. The largest absolute Gasteiger partial charge is 0.497 e. The summed E-state index contributed by atoms with van der Waals surface area (Å²) in [4.78, 5) is 6.91. The normalized spacial score (nSPS) is 11.7. The molecule has 206 valence electrons. The van der Waals surface area contributed by atoms with Gasteiger partial charge in [0.1, 0.15) is 11.5 Å². The molecular weight excluding hydrogens is 512 g/mol. The summed E-state index contributed by atoms with van der Waals surface area (Å²) >= 11 is 1.60. The molecule has 7 nitrogen and oxygen atoms in total. The van der Waals surface area contributed by atoms with Crippen molar-refractivity contribution < 1.29 is 23.7 Å². The quantitative estimate of drug-likeness (QED) is 0.147. The minimum absolute atomic E-state index is 0.0911. The molecule has 4 aromatic rings. The van der Waals surface area contributed by atoms with Crippen LogP contribution in [0.1, 0.15) is 22.7 Å². The molecule has 1 atom stereocenters. The Kier molecular flexibility index (Phi) is 11.6. The van der Waals surface area contributed by atoms with Gasteiger partial charge < -0.3 is 28.6 Å². The van der Waals surface area contributed by atoms with Crippen LogP contribution < -0.4 is 14.4 Å². The maximum atomic E-state index is 6.17. The average Bonchev–Trinajstić information content (AvgIpc) is 3.53. The molecule has 0 spiro atoms. The zero-order chi connectivity index (χ0) is 27.1. The molecule has 4 rings (SSSR count). The van der Waals surface area contributed by atoms with Gasteiger partial charge in [-0.1, -0.05) is 54.6 Å². The van der Waals surface area contributed by atoms with Crippen molar-refractivity contribution >= 4 is 16.5 Å². The van der Waals surface area contributed by atoms with Gasteiger partial charge in [0.05, 0.1) is 59.9 Å². The van der Waals surface area contributed by atoms with E-state index in [-0.39, 0.29) is 6.04 Å². The van der Waals surface area contributed by atoms with E-state index in [2.05, 4.69) is 46.3 Å². The van der Waals surface area contributed by atoms with Crippen LogP contribution >= 0.6 is 11.3 Å². The molecule has 1 heterocycles. The van der Waals surface area contributed by atoms with E-state index >= 15 is 0 Å². The highest BCUT2D eigenvalue weighted by atomic mass is 32.1. The van der Waals surface area contributed by atoms with Crippen molar-refractivity contribution in [3.05, 3.63) is 107 Å². The highest BCUT2D eigenvalue weighted by Gasteiger charge is 2.24. The predicted octanol–water partition coefficient (Wildman–Crippen LogP) is 6.16. The number of ether oxygens (including phenoxy) is 5. The zero-order valence-corrected chi connectivity index (χ0v) is 23.3. The van der Waals surface area contributed by atoms with E-state index in [1.807, 2.05) is 54.0 Å². The van der Waals surface area contributed by atoms with Crippen LogP contribution in [-0.4, -0.2) is 52.2 Å². The molecule has 0 N–H and O–H groups in total. The summed E-state index contributed by atoms with van der Waals surface area (Å²) in [5.74, 6) is 1.63. The van der Waals surface area contributed by atoms with E-state index in [0.717, 1.165) is 33.3 Å². The van der Waals surface area contributed by atoms with Crippen LogP contribution in [0.5, 0.6) is 11.5 Å². The minimum atomic E-state index is -0.0911. The third-order valence-corrected chi connectivity index (χ3v) is 6.95. The summed E-state index contributed by atoms with van der Waals surface area (Å²) in [5.41, 5.74) is 3.36. The minimum Gasteiger partial charge on any atom is -0.497 e. The monoisotopic (exact) mass is 548 g/mol. The molecule has 0 saturated heterocycles. The van der Waals surface area contributed by atoms with Gasteiger partial charge in [0.25, 0.3) is 0 Å². The fraction of sp³-hybridized carbons (Fsp3) is 0.323. The maximum absolute atomic E-state index is 6.17. The summed E-state index contributed by atoms with van der Waals surface area (Å²) in [6, 6.07) is 26.3. The number of hydrogen-bond donors (Lipinski definition) is 0. The summed E-state index contributed by atoms with van der Waals surface area (Å²) in [6.07, 6.45) is 1.83. The van der Waals surface area contributed by atoms with Crippen molar-refractivity contribution in [1.29, 1.82) is 0 Å². The molecule has 0 bridgehead atoms. The number of hydrogen-bond acceptors (Lipinski definition) is 8. The lowest BCUT2D eigenvalue weighted by atomic mass is 10.0. The molecule has 1 aromatic heterocycles. The molecule has 8 heteroatoms. The Labute approximate surface area is 234 Å². The molecular formula is C31H36N2O5S. The summed E-state index contributed by atoms with van der Waals surface area (Å²) in [7, 11) is 3.36. The smallest absolute Gasteiger partial charge is 0.186 e. The van der Waals surface area contributed by atoms with Gasteiger partial charge in [0.2, 0.25) is 0 Å². The van der Waals surface area contributed by atoms with Gasteiger partial charge in [-0.2, -0.15) is 0 Å². The number of nitrogens with zero attached hydrogens (tertiary/aromatic N) is 2. The topological polar surface area (TPSA) is 62.3 Å². The Balaban J connectivity index is 1.36. The lowest BCUT2D eigenvalue weighted by Gasteiger charge is -2.32. The van der Waals surface area contributed by atoms with Gasteiger partial charge in [0.15, 0.2) is 5.13 Å². The van der Waals surface area contributed by atoms with Crippen LogP contribution in [-0.2, 0) is 27.4 Å². The third-order valence-electron chi connectivity index (χ3n) is 6.14. The van der Waals surface area contributed by atoms with Crippen molar-refractivity contribution in [2.75, 3.05) is 52.2 Å². The van der Waals surface area contributed by atoms with E-state index in [1.54, 1.807) is 25.6 Å². The number of thiazole rings is 1. The van der Waals surface area contributed by atoms with Gasteiger partial charge in [0, 0.05) is 18.1 Å². The highest BCUT2D eigenvalue weighted by Crippen LogP contribution is 2.33. The number of benzene rings is 3. The first-order valence-corrected chi connectivity index (χ1v) is 13.8. The summed E-state index contributed by atoms with van der Waals surface area (Å²) < 4.78 is 28.6. The molecule has 0 radical (unpaired) electrons. The Morgan fingerprint density at radius 1 is 0.744 bits per heavy atom. The van der Waals surface area contributed by atoms with Crippen LogP contribution in [0.2, 0.25) is 0 Å². The fourth-order valence-corrected chi connectivity index (χ4v) is 4.84. The Morgan fingerprint density at radius 3 is 2.18 bits per heavy atom. The van der Waals surface area contributed by atoms with Crippen LogP contribution in [0.25, 0.3) is 0 Å². The standard InChI is InChI=1S/C31H36N2O5S/c1-34-28-12-6-10-26(20-28)22-33(31-32-14-19-39-31)30(27-11-7-13-29(21-27)35-2)24-38-18-16-36-15-17-37-23-25-8-4-3-5-9-25/h3-14,19-21,30H,15-18,22-24H2,1-2H3. The van der Waals surface area contributed by atoms with Crippen LogP contribution in [0.15, 0.2) is 90.4 Å². The van der Waals surface area contributed by atoms with Crippen LogP contribution in [0.4, 0.5) is 5.13 Å². The Bertz CT molecular complexity index is 1220. The molecule has 0 saturated carbocycles. The third kappa shape index (κ3) is 9.07. The van der Waals surface area contributed by atoms with E-state index in [0.29, 0.717) is 46.2 Å². The second-order valence-corrected chi connectivity index (χ2v) is 9.69. The fourth-order valence-electron chi connectivity index (χ4n) is 4.15. The van der Waals surface area contributed by atoms with Crippen LogP contribution in [0, 0.1) is 0 Å². The summed E-state index contributed by atoms with van der Waals surface area (Å²) in [6.45, 7) is 3.73.